The molecule has 0 spiro atoms. The summed E-state index contributed by atoms with van der Waals surface area (Å²) in [4.78, 5) is 12.2. The lowest BCUT2D eigenvalue weighted by Crippen LogP contribution is -2.28. The van der Waals surface area contributed by atoms with Crippen molar-refractivity contribution < 1.29 is 4.79 Å². The van der Waals surface area contributed by atoms with Gasteiger partial charge in [0.05, 0.1) is 0 Å². The third-order valence-corrected chi connectivity index (χ3v) is 5.79. The van der Waals surface area contributed by atoms with Gasteiger partial charge in [0.15, 0.2) is 0 Å². The molecule has 0 saturated heterocycles. The van der Waals surface area contributed by atoms with Crippen LogP contribution in [0.15, 0.2) is 29.6 Å². The number of rotatable bonds is 3. The number of Topliss-reactive ketones (excluding diaryl/α,β-unsaturated/α-hetero) is 1. The molecule has 20 heavy (non-hydrogen) atoms. The van der Waals surface area contributed by atoms with Gasteiger partial charge in [-0.25, -0.2) is 0 Å². The molecule has 0 aliphatic heterocycles. The largest absolute Gasteiger partial charge is 0.299 e. The van der Waals surface area contributed by atoms with Crippen LogP contribution in [0, 0.1) is 17.8 Å². The highest BCUT2D eigenvalue weighted by Crippen LogP contribution is 2.35. The maximum atomic E-state index is 12.2. The van der Waals surface area contributed by atoms with Crippen molar-refractivity contribution in [1.82, 2.24) is 0 Å². The van der Waals surface area contributed by atoms with Gasteiger partial charge in [-0.05, 0) is 53.5 Å². The van der Waals surface area contributed by atoms with Crippen molar-refractivity contribution >= 4 is 27.2 Å². The maximum absolute atomic E-state index is 12.2. The standard InChI is InChI=1S/C18H22OS/c1-12(2)13-7-8-17(19)14(9-13)10-15-11-20-18-6-4-3-5-16(15)18/h3-6,11-14H,7-10H2,1-2H3. The van der Waals surface area contributed by atoms with Crippen LogP contribution in [0.25, 0.3) is 10.1 Å². The van der Waals surface area contributed by atoms with Crippen molar-refractivity contribution in [3.63, 3.8) is 0 Å². The van der Waals surface area contributed by atoms with E-state index >= 15 is 0 Å². The van der Waals surface area contributed by atoms with E-state index in [-0.39, 0.29) is 5.92 Å². The van der Waals surface area contributed by atoms with E-state index in [9.17, 15) is 4.79 Å². The minimum absolute atomic E-state index is 0.245. The molecule has 2 aromatic rings. The zero-order valence-corrected chi connectivity index (χ0v) is 13.1. The minimum Gasteiger partial charge on any atom is -0.299 e. The van der Waals surface area contributed by atoms with Gasteiger partial charge in [-0.2, -0.15) is 0 Å². The zero-order valence-electron chi connectivity index (χ0n) is 12.3. The molecule has 1 aromatic carbocycles. The molecule has 0 amide bonds. The summed E-state index contributed by atoms with van der Waals surface area (Å²) in [6, 6.07) is 8.54. The lowest BCUT2D eigenvalue weighted by Gasteiger charge is -2.30. The number of carbonyl (C=O) groups excluding carboxylic acids is 1. The highest BCUT2D eigenvalue weighted by Gasteiger charge is 2.30. The van der Waals surface area contributed by atoms with Gasteiger partial charge in [-0.15, -0.1) is 11.3 Å². The Balaban J connectivity index is 1.80. The van der Waals surface area contributed by atoms with E-state index in [1.165, 1.54) is 15.6 Å². The van der Waals surface area contributed by atoms with Crippen LogP contribution in [-0.4, -0.2) is 5.78 Å². The van der Waals surface area contributed by atoms with Crippen LogP contribution in [0.2, 0.25) is 0 Å². The molecule has 1 aliphatic rings. The Morgan fingerprint density at radius 3 is 2.90 bits per heavy atom. The average Bonchev–Trinajstić information content (AvgIpc) is 2.84. The lowest BCUT2D eigenvalue weighted by atomic mass is 9.73. The predicted molar refractivity (Wildman–Crippen MR) is 86.2 cm³/mol. The quantitative estimate of drug-likeness (QED) is 0.768. The summed E-state index contributed by atoms with van der Waals surface area (Å²) in [5, 5.41) is 3.59. The molecule has 0 radical (unpaired) electrons. The summed E-state index contributed by atoms with van der Waals surface area (Å²) in [5.74, 6) is 2.15. The molecule has 0 bridgehead atoms. The van der Waals surface area contributed by atoms with E-state index < -0.39 is 0 Å². The Bertz CT molecular complexity index is 611. The van der Waals surface area contributed by atoms with Crippen LogP contribution in [0.1, 0.15) is 38.7 Å². The lowest BCUT2D eigenvalue weighted by molar-refractivity contribution is -0.125. The van der Waals surface area contributed by atoms with Crippen molar-refractivity contribution in [3.8, 4) is 0 Å². The van der Waals surface area contributed by atoms with Crippen molar-refractivity contribution in [2.75, 3.05) is 0 Å². The maximum Gasteiger partial charge on any atom is 0.136 e. The van der Waals surface area contributed by atoms with Gasteiger partial charge in [0.2, 0.25) is 0 Å². The molecule has 1 nitrogen and oxygen atoms in total. The molecular weight excluding hydrogens is 264 g/mol. The van der Waals surface area contributed by atoms with E-state index in [4.69, 9.17) is 0 Å². The van der Waals surface area contributed by atoms with Gasteiger partial charge < -0.3 is 0 Å². The molecule has 1 aliphatic carbocycles. The van der Waals surface area contributed by atoms with Crippen LogP contribution >= 0.6 is 11.3 Å². The van der Waals surface area contributed by atoms with Crippen LogP contribution in [0.3, 0.4) is 0 Å². The number of thiophene rings is 1. The normalized spacial score (nSPS) is 23.6. The number of benzene rings is 1. The van der Waals surface area contributed by atoms with Crippen molar-refractivity contribution in [2.24, 2.45) is 17.8 Å². The monoisotopic (exact) mass is 286 g/mol. The first-order valence-electron chi connectivity index (χ1n) is 7.63. The predicted octanol–water partition coefficient (Wildman–Crippen LogP) is 5.09. The average molecular weight is 286 g/mol. The van der Waals surface area contributed by atoms with Gasteiger partial charge in [0.1, 0.15) is 5.78 Å². The Kier molecular flexibility index (Phi) is 3.93. The Morgan fingerprint density at radius 1 is 1.30 bits per heavy atom. The van der Waals surface area contributed by atoms with E-state index in [0.717, 1.165) is 31.6 Å². The molecule has 1 saturated carbocycles. The first-order valence-corrected chi connectivity index (χ1v) is 8.51. The second-order valence-corrected chi connectivity index (χ2v) is 7.31. The first-order chi connectivity index (χ1) is 9.65. The van der Waals surface area contributed by atoms with Crippen LogP contribution < -0.4 is 0 Å². The highest BCUT2D eigenvalue weighted by atomic mass is 32.1. The summed E-state index contributed by atoms with van der Waals surface area (Å²) in [6.45, 7) is 4.58. The fourth-order valence-electron chi connectivity index (χ4n) is 3.41. The van der Waals surface area contributed by atoms with Crippen molar-refractivity contribution in [3.05, 3.63) is 35.2 Å². The summed E-state index contributed by atoms with van der Waals surface area (Å²) in [6.07, 6.45) is 3.90. The molecule has 2 unspecified atom stereocenters. The number of carbonyl (C=O) groups is 1. The fourth-order valence-corrected chi connectivity index (χ4v) is 4.38. The van der Waals surface area contributed by atoms with E-state index in [2.05, 4.69) is 43.5 Å². The van der Waals surface area contributed by atoms with Crippen LogP contribution in [-0.2, 0) is 11.2 Å². The Labute approximate surface area is 125 Å². The third-order valence-electron chi connectivity index (χ3n) is 4.77. The topological polar surface area (TPSA) is 17.1 Å². The fraction of sp³-hybridized carbons (Fsp3) is 0.500. The Morgan fingerprint density at radius 2 is 2.10 bits per heavy atom. The van der Waals surface area contributed by atoms with Gasteiger partial charge in [-0.1, -0.05) is 32.0 Å². The minimum atomic E-state index is 0.245. The van der Waals surface area contributed by atoms with Gasteiger partial charge in [-0.3, -0.25) is 4.79 Å². The van der Waals surface area contributed by atoms with Crippen LogP contribution in [0.4, 0.5) is 0 Å². The number of hydrogen-bond donors (Lipinski definition) is 0. The molecule has 1 heterocycles. The number of fused-ring (bicyclic) bond motifs is 1. The third kappa shape index (κ3) is 2.67. The van der Waals surface area contributed by atoms with Gasteiger partial charge >= 0.3 is 0 Å². The molecular formula is C18H22OS. The molecule has 1 aromatic heterocycles. The molecule has 106 valence electrons. The second kappa shape index (κ2) is 5.69. The molecule has 1 fully saturated rings. The summed E-state index contributed by atoms with van der Waals surface area (Å²) in [7, 11) is 0. The van der Waals surface area contributed by atoms with Crippen molar-refractivity contribution in [1.29, 1.82) is 0 Å². The SMILES string of the molecule is CC(C)C1CCC(=O)C(Cc2csc3ccccc23)C1. The number of hydrogen-bond acceptors (Lipinski definition) is 2. The zero-order chi connectivity index (χ0) is 14.1. The van der Waals surface area contributed by atoms with E-state index in [1.807, 2.05) is 0 Å². The van der Waals surface area contributed by atoms with E-state index in [0.29, 0.717) is 11.7 Å². The Hall–Kier alpha value is -1.15. The molecule has 0 N–H and O–H groups in total. The van der Waals surface area contributed by atoms with Gasteiger partial charge in [0, 0.05) is 17.0 Å². The van der Waals surface area contributed by atoms with Crippen LogP contribution in [0.5, 0.6) is 0 Å². The summed E-state index contributed by atoms with van der Waals surface area (Å²) >= 11 is 1.80. The number of ketones is 1. The first kappa shape index (κ1) is 13.8. The molecule has 3 rings (SSSR count). The smallest absolute Gasteiger partial charge is 0.136 e. The molecule has 2 heteroatoms. The summed E-state index contributed by atoms with van der Waals surface area (Å²) < 4.78 is 1.34. The van der Waals surface area contributed by atoms with Crippen molar-refractivity contribution in [2.45, 2.75) is 39.5 Å². The molecule has 2 atom stereocenters. The van der Waals surface area contributed by atoms with E-state index in [1.54, 1.807) is 11.3 Å². The van der Waals surface area contributed by atoms with Gasteiger partial charge in [0.25, 0.3) is 0 Å². The summed E-state index contributed by atoms with van der Waals surface area (Å²) in [5.41, 5.74) is 1.37. The highest BCUT2D eigenvalue weighted by molar-refractivity contribution is 7.17. The second-order valence-electron chi connectivity index (χ2n) is 6.40.